The van der Waals surface area contributed by atoms with E-state index in [0.29, 0.717) is 12.2 Å². The van der Waals surface area contributed by atoms with E-state index in [4.69, 9.17) is 11.6 Å². The zero-order valence-electron chi connectivity index (χ0n) is 18.9. The first-order valence-corrected chi connectivity index (χ1v) is 11.4. The molecule has 1 N–H and O–H groups in total. The number of carbonyl (C=O) groups is 1. The van der Waals surface area contributed by atoms with Crippen molar-refractivity contribution in [1.82, 2.24) is 9.47 Å². The summed E-state index contributed by atoms with van der Waals surface area (Å²) in [6.45, 7) is 0.402. The number of para-hydroxylation sites is 1. The van der Waals surface area contributed by atoms with Crippen LogP contribution in [0.3, 0.4) is 0 Å². The molecular formula is C27H24ClFN4O. The van der Waals surface area contributed by atoms with Crippen LogP contribution >= 0.6 is 11.6 Å². The molecule has 172 valence electrons. The molecule has 2 amide bonds. The van der Waals surface area contributed by atoms with E-state index < -0.39 is 5.82 Å². The molecule has 3 aromatic carbocycles. The van der Waals surface area contributed by atoms with E-state index in [1.807, 2.05) is 55.5 Å². The van der Waals surface area contributed by atoms with Crippen LogP contribution < -0.4 is 10.2 Å². The van der Waals surface area contributed by atoms with Gasteiger partial charge in [0.25, 0.3) is 0 Å². The molecule has 7 heteroatoms. The highest BCUT2D eigenvalue weighted by atomic mass is 35.5. The van der Waals surface area contributed by atoms with Gasteiger partial charge in [0, 0.05) is 37.4 Å². The van der Waals surface area contributed by atoms with E-state index in [0.717, 1.165) is 28.2 Å². The maximum Gasteiger partial charge on any atom is 0.322 e. The second-order valence-corrected chi connectivity index (χ2v) is 8.91. The smallest absolute Gasteiger partial charge is 0.322 e. The van der Waals surface area contributed by atoms with E-state index in [9.17, 15) is 9.18 Å². The van der Waals surface area contributed by atoms with E-state index in [2.05, 4.69) is 40.2 Å². The lowest BCUT2D eigenvalue weighted by Gasteiger charge is -2.31. The highest BCUT2D eigenvalue weighted by Gasteiger charge is 2.33. The molecule has 5 rings (SSSR count). The lowest BCUT2D eigenvalue weighted by molar-refractivity contribution is 0.194. The third kappa shape index (κ3) is 4.01. The number of halogens is 2. The molecular weight excluding hydrogens is 451 g/mol. The highest BCUT2D eigenvalue weighted by molar-refractivity contribution is 6.31. The molecule has 1 atom stereocenters. The van der Waals surface area contributed by atoms with Gasteiger partial charge in [-0.15, -0.1) is 0 Å². The zero-order chi connectivity index (χ0) is 23.8. The number of nitrogens with one attached hydrogen (secondary N) is 1. The average Bonchev–Trinajstić information content (AvgIpc) is 3.26. The molecule has 0 spiro atoms. The quantitative estimate of drug-likeness (QED) is 0.369. The zero-order valence-corrected chi connectivity index (χ0v) is 19.6. The van der Waals surface area contributed by atoms with Crippen molar-refractivity contribution in [2.45, 2.75) is 12.6 Å². The van der Waals surface area contributed by atoms with Crippen LogP contribution in [0.4, 0.5) is 20.6 Å². The Balaban J connectivity index is 1.60. The minimum atomic E-state index is -0.528. The van der Waals surface area contributed by atoms with Gasteiger partial charge < -0.3 is 19.7 Å². The number of fused-ring (bicyclic) bond motifs is 3. The van der Waals surface area contributed by atoms with Crippen molar-refractivity contribution in [3.63, 3.8) is 0 Å². The maximum atomic E-state index is 13.7. The molecule has 0 saturated carbocycles. The Bertz CT molecular complexity index is 1350. The molecule has 0 saturated heterocycles. The standard InChI is InChI=1S/C27H24ClFN4O/c1-31(2)21-12-9-18(10-13-21)26-25-8-5-15-32(25)24-7-4-3-6-19(24)17-33(26)27(34)30-20-11-14-23(29)22(28)16-20/h3-16,26H,17H2,1-2H3,(H,30,34)/t26-/m0/s1. The Morgan fingerprint density at radius 1 is 1.03 bits per heavy atom. The van der Waals surface area contributed by atoms with Gasteiger partial charge in [-0.2, -0.15) is 0 Å². The van der Waals surface area contributed by atoms with E-state index in [1.54, 1.807) is 4.90 Å². The molecule has 34 heavy (non-hydrogen) atoms. The average molecular weight is 475 g/mol. The van der Waals surface area contributed by atoms with Crippen molar-refractivity contribution < 1.29 is 9.18 Å². The molecule has 5 nitrogen and oxygen atoms in total. The molecule has 0 radical (unpaired) electrons. The Morgan fingerprint density at radius 3 is 2.53 bits per heavy atom. The van der Waals surface area contributed by atoms with E-state index in [-0.39, 0.29) is 17.1 Å². The van der Waals surface area contributed by atoms with Gasteiger partial charge in [-0.3, -0.25) is 0 Å². The van der Waals surface area contributed by atoms with Gasteiger partial charge in [-0.05, 0) is 59.7 Å². The predicted molar refractivity (Wildman–Crippen MR) is 134 cm³/mol. The summed E-state index contributed by atoms with van der Waals surface area (Å²) in [5.74, 6) is -0.528. The third-order valence-electron chi connectivity index (χ3n) is 6.12. The largest absolute Gasteiger partial charge is 0.378 e. The van der Waals surface area contributed by atoms with Gasteiger partial charge in [-0.1, -0.05) is 41.9 Å². The van der Waals surface area contributed by atoms with Crippen molar-refractivity contribution >= 4 is 29.0 Å². The second kappa shape index (κ2) is 8.88. The van der Waals surface area contributed by atoms with Gasteiger partial charge in [0.1, 0.15) is 5.82 Å². The second-order valence-electron chi connectivity index (χ2n) is 8.51. The van der Waals surface area contributed by atoms with Crippen molar-refractivity contribution in [2.24, 2.45) is 0 Å². The van der Waals surface area contributed by atoms with Crippen LogP contribution in [0.1, 0.15) is 22.9 Å². The van der Waals surface area contributed by atoms with Crippen LogP contribution in [-0.4, -0.2) is 29.6 Å². The highest BCUT2D eigenvalue weighted by Crippen LogP contribution is 2.37. The maximum absolute atomic E-state index is 13.7. The van der Waals surface area contributed by atoms with Gasteiger partial charge in [0.15, 0.2) is 0 Å². The molecule has 4 aromatic rings. The number of benzene rings is 3. The van der Waals surface area contributed by atoms with Crippen LogP contribution in [-0.2, 0) is 6.54 Å². The normalized spacial score (nSPS) is 14.7. The number of hydrogen-bond donors (Lipinski definition) is 1. The van der Waals surface area contributed by atoms with Crippen molar-refractivity contribution in [1.29, 1.82) is 0 Å². The fourth-order valence-electron chi connectivity index (χ4n) is 4.41. The lowest BCUT2D eigenvalue weighted by atomic mass is 10.0. The first kappa shape index (κ1) is 22.0. The summed E-state index contributed by atoms with van der Waals surface area (Å²) < 4.78 is 15.8. The molecule has 1 aromatic heterocycles. The summed E-state index contributed by atoms with van der Waals surface area (Å²) in [5.41, 5.74) is 5.55. The van der Waals surface area contributed by atoms with Crippen LogP contribution in [0.25, 0.3) is 5.69 Å². The monoisotopic (exact) mass is 474 g/mol. The number of nitrogens with zero attached hydrogens (tertiary/aromatic N) is 3. The van der Waals surface area contributed by atoms with Crippen LogP contribution in [0.2, 0.25) is 5.02 Å². The summed E-state index contributed by atoms with van der Waals surface area (Å²) >= 11 is 5.95. The molecule has 1 aliphatic rings. The molecule has 0 unspecified atom stereocenters. The van der Waals surface area contributed by atoms with Crippen LogP contribution in [0.5, 0.6) is 0 Å². The molecule has 2 heterocycles. The number of rotatable bonds is 3. The Labute approximate surface area is 203 Å². The predicted octanol–water partition coefficient (Wildman–Crippen LogP) is 6.47. The molecule has 0 aliphatic carbocycles. The third-order valence-corrected chi connectivity index (χ3v) is 6.41. The summed E-state index contributed by atoms with van der Waals surface area (Å²) in [6.07, 6.45) is 2.02. The minimum absolute atomic E-state index is 0.0382. The summed E-state index contributed by atoms with van der Waals surface area (Å²) in [5, 5.41) is 2.87. The van der Waals surface area contributed by atoms with Crippen molar-refractivity contribution in [3.05, 3.63) is 113 Å². The number of urea groups is 1. The van der Waals surface area contributed by atoms with Crippen LogP contribution in [0.15, 0.2) is 85.1 Å². The summed E-state index contributed by atoms with van der Waals surface area (Å²) in [7, 11) is 3.99. The fraction of sp³-hybridized carbons (Fsp3) is 0.148. The topological polar surface area (TPSA) is 40.5 Å². The SMILES string of the molecule is CN(C)c1ccc([C@H]2c3cccn3-c3ccccc3CN2C(=O)Nc2ccc(F)c(Cl)c2)cc1. The first-order chi connectivity index (χ1) is 16.4. The minimum Gasteiger partial charge on any atom is -0.378 e. The van der Waals surface area contributed by atoms with Crippen molar-refractivity contribution in [3.8, 4) is 5.69 Å². The molecule has 0 fully saturated rings. The number of amides is 2. The Kier molecular flexibility index (Phi) is 5.75. The molecule has 1 aliphatic heterocycles. The Morgan fingerprint density at radius 2 is 1.79 bits per heavy atom. The lowest BCUT2D eigenvalue weighted by Crippen LogP contribution is -2.38. The number of hydrogen-bond acceptors (Lipinski definition) is 2. The Hall–Kier alpha value is -3.77. The van der Waals surface area contributed by atoms with E-state index >= 15 is 0 Å². The molecule has 0 bridgehead atoms. The number of anilines is 2. The number of aromatic nitrogens is 1. The van der Waals surface area contributed by atoms with Gasteiger partial charge >= 0.3 is 6.03 Å². The van der Waals surface area contributed by atoms with Crippen molar-refractivity contribution in [2.75, 3.05) is 24.3 Å². The number of carbonyl (C=O) groups excluding carboxylic acids is 1. The summed E-state index contributed by atoms with van der Waals surface area (Å²) in [4.78, 5) is 17.5. The summed E-state index contributed by atoms with van der Waals surface area (Å²) in [6, 6.07) is 23.9. The van der Waals surface area contributed by atoms with Gasteiger partial charge in [-0.25, -0.2) is 9.18 Å². The van der Waals surface area contributed by atoms with Crippen LogP contribution in [0, 0.1) is 5.82 Å². The van der Waals surface area contributed by atoms with E-state index in [1.165, 1.54) is 18.2 Å². The van der Waals surface area contributed by atoms with Gasteiger partial charge in [0.05, 0.1) is 23.3 Å². The van der Waals surface area contributed by atoms with Gasteiger partial charge in [0.2, 0.25) is 0 Å². The fourth-order valence-corrected chi connectivity index (χ4v) is 4.59. The first-order valence-electron chi connectivity index (χ1n) is 11.0.